The molecule has 3 rings (SSSR count). The minimum atomic E-state index is -0.219. The number of carbonyl (C=O) groups excluding carboxylic acids is 1. The van der Waals surface area contributed by atoms with E-state index in [2.05, 4.69) is 21.2 Å². The third-order valence-corrected chi connectivity index (χ3v) is 4.45. The zero-order chi connectivity index (χ0) is 18.5. The highest BCUT2D eigenvalue weighted by molar-refractivity contribution is 9.10. The predicted molar refractivity (Wildman–Crippen MR) is 106 cm³/mol. The molecule has 0 aliphatic carbocycles. The smallest absolute Gasteiger partial charge is 0.256 e. The molecule has 1 N–H and O–H groups in total. The van der Waals surface area contributed by atoms with Gasteiger partial charge < -0.3 is 14.8 Å². The highest BCUT2D eigenvalue weighted by atomic mass is 79.9. The number of benzene rings is 3. The fourth-order valence-corrected chi connectivity index (χ4v) is 2.85. The zero-order valence-electron chi connectivity index (χ0n) is 14.5. The van der Waals surface area contributed by atoms with Crippen molar-refractivity contribution in [3.05, 3.63) is 82.3 Å². The first-order chi connectivity index (χ1) is 12.5. The van der Waals surface area contributed by atoms with Crippen molar-refractivity contribution in [3.8, 4) is 17.2 Å². The van der Waals surface area contributed by atoms with E-state index in [1.807, 2.05) is 43.3 Å². The number of methoxy groups -OCH3 is 1. The summed E-state index contributed by atoms with van der Waals surface area (Å²) in [6.07, 6.45) is 0. The standard InChI is InChI=1S/C21H18BrNO3/c1-14-4-3-5-18(12-14)26-16-8-6-15(7-9-16)23-21(24)19-13-17(25-2)10-11-20(19)22/h3-13H,1-2H3,(H,23,24). The largest absolute Gasteiger partial charge is 0.497 e. The molecule has 0 heterocycles. The van der Waals surface area contributed by atoms with Crippen molar-refractivity contribution in [1.82, 2.24) is 0 Å². The van der Waals surface area contributed by atoms with Crippen LogP contribution in [0.5, 0.6) is 17.2 Å². The molecule has 0 aromatic heterocycles. The number of halogens is 1. The Morgan fingerprint density at radius 2 is 1.65 bits per heavy atom. The second-order valence-electron chi connectivity index (χ2n) is 5.74. The third-order valence-electron chi connectivity index (χ3n) is 3.76. The highest BCUT2D eigenvalue weighted by Gasteiger charge is 2.12. The summed E-state index contributed by atoms with van der Waals surface area (Å²) >= 11 is 3.39. The van der Waals surface area contributed by atoms with Crippen LogP contribution in [0.1, 0.15) is 15.9 Å². The fourth-order valence-electron chi connectivity index (χ4n) is 2.43. The van der Waals surface area contributed by atoms with Crippen LogP contribution in [-0.4, -0.2) is 13.0 Å². The van der Waals surface area contributed by atoms with Gasteiger partial charge in [0.15, 0.2) is 0 Å². The van der Waals surface area contributed by atoms with E-state index in [0.717, 1.165) is 11.3 Å². The summed E-state index contributed by atoms with van der Waals surface area (Å²) in [5.41, 5.74) is 2.32. The van der Waals surface area contributed by atoms with Crippen LogP contribution in [0, 0.1) is 6.92 Å². The van der Waals surface area contributed by atoms with Crippen LogP contribution in [0.3, 0.4) is 0 Å². The second-order valence-corrected chi connectivity index (χ2v) is 6.60. The quantitative estimate of drug-likeness (QED) is 0.575. The van der Waals surface area contributed by atoms with E-state index in [0.29, 0.717) is 27.2 Å². The predicted octanol–water partition coefficient (Wildman–Crippen LogP) is 5.81. The molecule has 0 atom stereocenters. The maximum atomic E-state index is 12.5. The molecule has 3 aromatic rings. The van der Waals surface area contributed by atoms with Crippen molar-refractivity contribution in [2.45, 2.75) is 6.92 Å². The summed E-state index contributed by atoms with van der Waals surface area (Å²) in [6.45, 7) is 2.02. The summed E-state index contributed by atoms with van der Waals surface area (Å²) in [5, 5.41) is 2.87. The van der Waals surface area contributed by atoms with Gasteiger partial charge in [0.05, 0.1) is 12.7 Å². The first-order valence-corrected chi connectivity index (χ1v) is 8.84. The van der Waals surface area contributed by atoms with Crippen molar-refractivity contribution in [3.63, 3.8) is 0 Å². The fraction of sp³-hybridized carbons (Fsp3) is 0.0952. The molecule has 0 aliphatic rings. The van der Waals surface area contributed by atoms with Gasteiger partial charge in [0.25, 0.3) is 5.91 Å². The molecule has 0 fully saturated rings. The van der Waals surface area contributed by atoms with Gasteiger partial charge in [0.1, 0.15) is 17.2 Å². The van der Waals surface area contributed by atoms with Gasteiger partial charge in [-0.1, -0.05) is 12.1 Å². The molecule has 3 aromatic carbocycles. The molecular formula is C21H18BrNO3. The van der Waals surface area contributed by atoms with Crippen molar-refractivity contribution in [1.29, 1.82) is 0 Å². The molecule has 132 valence electrons. The lowest BCUT2D eigenvalue weighted by Crippen LogP contribution is -2.12. The van der Waals surface area contributed by atoms with E-state index >= 15 is 0 Å². The lowest BCUT2D eigenvalue weighted by Gasteiger charge is -2.10. The van der Waals surface area contributed by atoms with Crippen LogP contribution in [0.4, 0.5) is 5.69 Å². The number of anilines is 1. The maximum Gasteiger partial charge on any atom is 0.256 e. The number of nitrogens with one attached hydrogen (secondary N) is 1. The number of carbonyl (C=O) groups is 1. The van der Waals surface area contributed by atoms with Gasteiger partial charge in [-0.25, -0.2) is 0 Å². The van der Waals surface area contributed by atoms with E-state index in [1.165, 1.54) is 0 Å². The number of aryl methyl sites for hydroxylation is 1. The van der Waals surface area contributed by atoms with Crippen molar-refractivity contribution >= 4 is 27.5 Å². The van der Waals surface area contributed by atoms with Crippen molar-refractivity contribution in [2.24, 2.45) is 0 Å². The molecule has 26 heavy (non-hydrogen) atoms. The molecule has 5 heteroatoms. The summed E-state index contributed by atoms with van der Waals surface area (Å²) in [7, 11) is 1.57. The minimum Gasteiger partial charge on any atom is -0.497 e. The first-order valence-electron chi connectivity index (χ1n) is 8.04. The molecule has 1 amide bonds. The van der Waals surface area contributed by atoms with E-state index < -0.39 is 0 Å². The summed E-state index contributed by atoms with van der Waals surface area (Å²) in [6, 6.07) is 20.3. The Labute approximate surface area is 160 Å². The first kappa shape index (κ1) is 18.0. The van der Waals surface area contributed by atoms with Crippen molar-refractivity contribution in [2.75, 3.05) is 12.4 Å². The van der Waals surface area contributed by atoms with E-state index in [-0.39, 0.29) is 5.91 Å². The van der Waals surface area contributed by atoms with Crippen LogP contribution in [-0.2, 0) is 0 Å². The van der Waals surface area contributed by atoms with Gasteiger partial charge in [0.2, 0.25) is 0 Å². The van der Waals surface area contributed by atoms with E-state index in [9.17, 15) is 4.79 Å². The number of ether oxygens (including phenoxy) is 2. The van der Waals surface area contributed by atoms with Gasteiger partial charge in [0, 0.05) is 10.2 Å². The maximum absolute atomic E-state index is 12.5. The lowest BCUT2D eigenvalue weighted by molar-refractivity contribution is 0.102. The highest BCUT2D eigenvalue weighted by Crippen LogP contribution is 2.26. The minimum absolute atomic E-state index is 0.219. The van der Waals surface area contributed by atoms with Gasteiger partial charge in [-0.15, -0.1) is 0 Å². The Kier molecular flexibility index (Phi) is 5.58. The van der Waals surface area contributed by atoms with Crippen LogP contribution in [0.15, 0.2) is 71.2 Å². The molecule has 0 aliphatic heterocycles. The normalized spacial score (nSPS) is 10.3. The Morgan fingerprint density at radius 3 is 2.35 bits per heavy atom. The van der Waals surface area contributed by atoms with Crippen LogP contribution in [0.25, 0.3) is 0 Å². The molecule has 0 spiro atoms. The average Bonchev–Trinajstić information content (AvgIpc) is 2.64. The lowest BCUT2D eigenvalue weighted by atomic mass is 10.2. The zero-order valence-corrected chi connectivity index (χ0v) is 16.0. The van der Waals surface area contributed by atoms with E-state index in [4.69, 9.17) is 9.47 Å². The molecule has 0 saturated heterocycles. The third kappa shape index (κ3) is 4.43. The van der Waals surface area contributed by atoms with Gasteiger partial charge in [-0.3, -0.25) is 4.79 Å². The summed E-state index contributed by atoms with van der Waals surface area (Å²) in [4.78, 5) is 12.5. The second kappa shape index (κ2) is 8.06. The molecule has 0 bridgehead atoms. The monoisotopic (exact) mass is 411 g/mol. The van der Waals surface area contributed by atoms with Gasteiger partial charge >= 0.3 is 0 Å². The van der Waals surface area contributed by atoms with E-state index in [1.54, 1.807) is 37.4 Å². The number of rotatable bonds is 5. The van der Waals surface area contributed by atoms with Crippen LogP contribution in [0.2, 0.25) is 0 Å². The van der Waals surface area contributed by atoms with Gasteiger partial charge in [-0.05, 0) is 83.0 Å². The summed E-state index contributed by atoms with van der Waals surface area (Å²) in [5.74, 6) is 1.89. The molecule has 4 nitrogen and oxygen atoms in total. The Bertz CT molecular complexity index is 923. The number of hydrogen-bond donors (Lipinski definition) is 1. The Hall–Kier alpha value is -2.79. The van der Waals surface area contributed by atoms with Crippen LogP contribution < -0.4 is 14.8 Å². The Morgan fingerprint density at radius 1 is 0.923 bits per heavy atom. The van der Waals surface area contributed by atoms with Crippen molar-refractivity contribution < 1.29 is 14.3 Å². The molecular weight excluding hydrogens is 394 g/mol. The van der Waals surface area contributed by atoms with Gasteiger partial charge in [-0.2, -0.15) is 0 Å². The molecule has 0 unspecified atom stereocenters. The number of hydrogen-bond acceptors (Lipinski definition) is 3. The SMILES string of the molecule is COc1ccc(Br)c(C(=O)Nc2ccc(Oc3cccc(C)c3)cc2)c1. The van der Waals surface area contributed by atoms with Crippen LogP contribution >= 0.6 is 15.9 Å². The number of amides is 1. The Balaban J connectivity index is 1.70. The topological polar surface area (TPSA) is 47.6 Å². The molecule has 0 radical (unpaired) electrons. The average molecular weight is 412 g/mol. The molecule has 0 saturated carbocycles. The summed E-state index contributed by atoms with van der Waals surface area (Å²) < 4.78 is 11.7.